The number of anilines is 1. The first kappa shape index (κ1) is 19.9. The first-order valence-electron chi connectivity index (χ1n) is 9.01. The molecule has 2 heterocycles. The highest BCUT2D eigenvalue weighted by Crippen LogP contribution is 2.14. The Morgan fingerprint density at radius 2 is 1.93 bits per heavy atom. The van der Waals surface area contributed by atoms with Crippen molar-refractivity contribution in [2.75, 3.05) is 18.5 Å². The second kappa shape index (κ2) is 9.36. The summed E-state index contributed by atoms with van der Waals surface area (Å²) in [6.07, 6.45) is 3.18. The van der Waals surface area contributed by atoms with Gasteiger partial charge in [-0.15, -0.1) is 0 Å². The molecule has 0 radical (unpaired) electrons. The number of benzene rings is 1. The zero-order chi connectivity index (χ0) is 20.6. The van der Waals surface area contributed by atoms with Gasteiger partial charge in [-0.3, -0.25) is 9.59 Å². The fourth-order valence-electron chi connectivity index (χ4n) is 2.49. The van der Waals surface area contributed by atoms with Gasteiger partial charge in [0.25, 0.3) is 5.91 Å². The summed E-state index contributed by atoms with van der Waals surface area (Å²) < 4.78 is 11.4. The number of carbonyl (C=O) groups excluding carboxylic acids is 3. The molecule has 2 amide bonds. The number of carbonyl (C=O) groups is 3. The smallest absolute Gasteiger partial charge is 0.358 e. The van der Waals surface area contributed by atoms with Gasteiger partial charge in [-0.1, -0.05) is 0 Å². The van der Waals surface area contributed by atoms with Gasteiger partial charge >= 0.3 is 5.97 Å². The minimum absolute atomic E-state index is 0.121. The van der Waals surface area contributed by atoms with Crippen LogP contribution in [0.3, 0.4) is 0 Å². The van der Waals surface area contributed by atoms with Crippen molar-refractivity contribution in [3.05, 3.63) is 66.4 Å². The van der Waals surface area contributed by atoms with E-state index in [1.54, 1.807) is 60.3 Å². The van der Waals surface area contributed by atoms with E-state index in [9.17, 15) is 14.4 Å². The molecule has 0 aliphatic carbocycles. The topological polar surface area (TPSA) is 115 Å². The molecule has 0 bridgehead atoms. The summed E-state index contributed by atoms with van der Waals surface area (Å²) >= 11 is 0. The van der Waals surface area contributed by atoms with Gasteiger partial charge < -0.3 is 19.8 Å². The molecular weight excluding hydrogens is 376 g/mol. The first-order valence-corrected chi connectivity index (χ1v) is 9.01. The van der Waals surface area contributed by atoms with E-state index in [0.717, 1.165) is 5.69 Å². The van der Waals surface area contributed by atoms with Crippen LogP contribution in [0.5, 0.6) is 0 Å². The highest BCUT2D eigenvalue weighted by Gasteiger charge is 2.11. The number of rotatable bonds is 8. The van der Waals surface area contributed by atoms with E-state index >= 15 is 0 Å². The Bertz CT molecular complexity index is 977. The van der Waals surface area contributed by atoms with E-state index in [0.29, 0.717) is 5.69 Å². The fraction of sp³-hybridized carbons (Fsp3) is 0.200. The molecule has 0 fully saturated rings. The van der Waals surface area contributed by atoms with Gasteiger partial charge in [-0.25, -0.2) is 9.48 Å². The van der Waals surface area contributed by atoms with Crippen molar-refractivity contribution < 1.29 is 23.5 Å². The molecule has 3 aromatic rings. The Morgan fingerprint density at radius 1 is 1.14 bits per heavy atom. The predicted octanol–water partition coefficient (Wildman–Crippen LogP) is 2.40. The predicted molar refractivity (Wildman–Crippen MR) is 104 cm³/mol. The number of amides is 2. The van der Waals surface area contributed by atoms with E-state index in [1.165, 1.54) is 6.26 Å². The lowest BCUT2D eigenvalue weighted by Crippen LogP contribution is -2.27. The normalized spacial score (nSPS) is 10.4. The molecule has 2 aromatic heterocycles. The molecular formula is C20H20N4O5. The average Bonchev–Trinajstić information content (AvgIpc) is 3.41. The van der Waals surface area contributed by atoms with Crippen LogP contribution in [0.1, 0.15) is 34.4 Å². The molecule has 150 valence electrons. The van der Waals surface area contributed by atoms with Crippen LogP contribution in [0, 0.1) is 0 Å². The fourth-order valence-corrected chi connectivity index (χ4v) is 2.49. The molecule has 9 heteroatoms. The quantitative estimate of drug-likeness (QED) is 0.565. The Balaban J connectivity index is 1.49. The SMILES string of the molecule is CCOC(=O)c1ccn(-c2ccc(NC(=O)CCNC(=O)c3ccco3)cc2)n1. The molecule has 1 aromatic carbocycles. The molecule has 0 aliphatic rings. The van der Waals surface area contributed by atoms with Crippen molar-refractivity contribution in [2.45, 2.75) is 13.3 Å². The van der Waals surface area contributed by atoms with Crippen LogP contribution >= 0.6 is 0 Å². The summed E-state index contributed by atoms with van der Waals surface area (Å²) in [7, 11) is 0. The third kappa shape index (κ3) is 5.32. The van der Waals surface area contributed by atoms with Crippen LogP contribution in [0.25, 0.3) is 5.69 Å². The van der Waals surface area contributed by atoms with Crippen LogP contribution in [-0.2, 0) is 9.53 Å². The maximum atomic E-state index is 12.0. The van der Waals surface area contributed by atoms with Crippen LogP contribution in [0.2, 0.25) is 0 Å². The minimum Gasteiger partial charge on any atom is -0.461 e. The number of aromatic nitrogens is 2. The lowest BCUT2D eigenvalue weighted by molar-refractivity contribution is -0.116. The van der Waals surface area contributed by atoms with Crippen molar-refractivity contribution in [2.24, 2.45) is 0 Å². The molecule has 0 saturated heterocycles. The molecule has 0 saturated carbocycles. The molecule has 0 unspecified atom stereocenters. The Kier molecular flexibility index (Phi) is 6.41. The van der Waals surface area contributed by atoms with Crippen LogP contribution in [0.15, 0.2) is 59.3 Å². The number of hydrogen-bond acceptors (Lipinski definition) is 6. The summed E-state index contributed by atoms with van der Waals surface area (Å²) in [4.78, 5) is 35.4. The van der Waals surface area contributed by atoms with Gasteiger partial charge in [0.1, 0.15) is 0 Å². The van der Waals surface area contributed by atoms with Gasteiger partial charge in [0.2, 0.25) is 5.91 Å². The van der Waals surface area contributed by atoms with Crippen LogP contribution < -0.4 is 10.6 Å². The van der Waals surface area contributed by atoms with Crippen molar-refractivity contribution in [3.63, 3.8) is 0 Å². The Hall–Kier alpha value is -3.88. The number of furan rings is 1. The van der Waals surface area contributed by atoms with Gasteiger partial charge in [0.05, 0.1) is 18.6 Å². The Morgan fingerprint density at radius 3 is 2.62 bits per heavy atom. The van der Waals surface area contributed by atoms with E-state index in [-0.39, 0.29) is 42.8 Å². The van der Waals surface area contributed by atoms with Crippen molar-refractivity contribution in [3.8, 4) is 5.69 Å². The van der Waals surface area contributed by atoms with E-state index in [2.05, 4.69) is 15.7 Å². The van der Waals surface area contributed by atoms with E-state index < -0.39 is 5.97 Å². The van der Waals surface area contributed by atoms with Gasteiger partial charge in [-0.2, -0.15) is 5.10 Å². The largest absolute Gasteiger partial charge is 0.461 e. The standard InChI is InChI=1S/C20H20N4O5/c1-2-28-20(27)16-10-12-24(23-16)15-7-5-14(6-8-15)22-18(25)9-11-21-19(26)17-4-3-13-29-17/h3-8,10,12-13H,2,9,11H2,1H3,(H,21,26)(H,22,25). The molecule has 3 rings (SSSR count). The zero-order valence-electron chi connectivity index (χ0n) is 15.8. The van der Waals surface area contributed by atoms with Crippen molar-refractivity contribution in [1.82, 2.24) is 15.1 Å². The zero-order valence-corrected chi connectivity index (χ0v) is 15.8. The monoisotopic (exact) mass is 396 g/mol. The number of nitrogens with zero attached hydrogens (tertiary/aromatic N) is 2. The molecule has 9 nitrogen and oxygen atoms in total. The highest BCUT2D eigenvalue weighted by atomic mass is 16.5. The molecule has 0 spiro atoms. The summed E-state index contributed by atoms with van der Waals surface area (Å²) in [5, 5.41) is 9.54. The summed E-state index contributed by atoms with van der Waals surface area (Å²) in [6.45, 7) is 2.20. The first-order chi connectivity index (χ1) is 14.1. The minimum atomic E-state index is -0.478. The molecule has 29 heavy (non-hydrogen) atoms. The van der Waals surface area contributed by atoms with Crippen molar-refractivity contribution in [1.29, 1.82) is 0 Å². The maximum absolute atomic E-state index is 12.0. The van der Waals surface area contributed by atoms with Gasteiger partial charge in [0, 0.05) is 24.8 Å². The van der Waals surface area contributed by atoms with E-state index in [1.807, 2.05) is 0 Å². The second-order valence-electron chi connectivity index (χ2n) is 5.94. The van der Waals surface area contributed by atoms with E-state index in [4.69, 9.17) is 9.15 Å². The summed E-state index contributed by atoms with van der Waals surface area (Å²) in [5.41, 5.74) is 1.55. The maximum Gasteiger partial charge on any atom is 0.358 e. The lowest BCUT2D eigenvalue weighted by Gasteiger charge is -2.07. The highest BCUT2D eigenvalue weighted by molar-refractivity contribution is 5.93. The summed E-state index contributed by atoms with van der Waals surface area (Å²) in [6, 6.07) is 11.7. The average molecular weight is 396 g/mol. The molecule has 0 atom stereocenters. The third-order valence-corrected chi connectivity index (χ3v) is 3.87. The number of nitrogens with one attached hydrogen (secondary N) is 2. The van der Waals surface area contributed by atoms with Crippen LogP contribution in [0.4, 0.5) is 5.69 Å². The Labute approximate surface area is 166 Å². The second-order valence-corrected chi connectivity index (χ2v) is 5.94. The lowest BCUT2D eigenvalue weighted by atomic mass is 10.2. The molecule has 0 aliphatic heterocycles. The van der Waals surface area contributed by atoms with Crippen molar-refractivity contribution >= 4 is 23.5 Å². The number of esters is 1. The summed E-state index contributed by atoms with van der Waals surface area (Å²) in [5.74, 6) is -0.880. The third-order valence-electron chi connectivity index (χ3n) is 3.87. The molecule has 2 N–H and O–H groups in total. The van der Waals surface area contributed by atoms with Gasteiger partial charge in [-0.05, 0) is 49.4 Å². The number of hydrogen-bond donors (Lipinski definition) is 2. The van der Waals surface area contributed by atoms with Gasteiger partial charge in [0.15, 0.2) is 11.5 Å². The van der Waals surface area contributed by atoms with Crippen LogP contribution in [-0.4, -0.2) is 40.7 Å². The number of ether oxygens (including phenoxy) is 1.